The Morgan fingerprint density at radius 3 is 2.27 bits per heavy atom. The van der Waals surface area contributed by atoms with Gasteiger partial charge in [0.05, 0.1) is 18.5 Å². The lowest BCUT2D eigenvalue weighted by Gasteiger charge is -2.31. The lowest BCUT2D eigenvalue weighted by molar-refractivity contribution is -0.121. The molecule has 1 saturated heterocycles. The van der Waals surface area contributed by atoms with E-state index in [1.807, 2.05) is 18.2 Å². The second kappa shape index (κ2) is 10.6. The number of hydrogen-bond acceptors (Lipinski definition) is 5. The number of nitrogens with one attached hydrogen (secondary N) is 2. The molecule has 0 saturated carbocycles. The lowest BCUT2D eigenvalue weighted by Crippen LogP contribution is -2.37. The van der Waals surface area contributed by atoms with Gasteiger partial charge >= 0.3 is 0 Å². The van der Waals surface area contributed by atoms with Crippen molar-refractivity contribution < 1.29 is 14.3 Å². The first-order chi connectivity index (χ1) is 16.0. The van der Waals surface area contributed by atoms with E-state index in [0.717, 1.165) is 32.5 Å². The van der Waals surface area contributed by atoms with Crippen molar-refractivity contribution in [3.05, 3.63) is 76.0 Å². The number of nitrogens with zero attached hydrogens (tertiary/aromatic N) is 1. The highest BCUT2D eigenvalue weighted by Gasteiger charge is 2.26. The van der Waals surface area contributed by atoms with E-state index in [4.69, 9.17) is 4.74 Å². The van der Waals surface area contributed by atoms with Crippen LogP contribution < -0.4 is 15.4 Å². The third-order valence-electron chi connectivity index (χ3n) is 6.08. The fourth-order valence-electron chi connectivity index (χ4n) is 4.00. The quantitative estimate of drug-likeness (QED) is 0.507. The second-order valence-electron chi connectivity index (χ2n) is 8.29. The van der Waals surface area contributed by atoms with Crippen LogP contribution in [0.4, 0.5) is 11.4 Å². The van der Waals surface area contributed by atoms with Gasteiger partial charge in [-0.25, -0.2) is 0 Å². The largest absolute Gasteiger partial charge is 0.497 e. The number of aryl methyl sites for hydroxylation is 1. The third kappa shape index (κ3) is 5.80. The molecule has 0 atom stereocenters. The number of carbonyl (C=O) groups excluding carboxylic acids is 2. The standard InChI is InChI=1S/C26H29N3O3S/c1-18-13-16-33-24(18)17-29-14-11-20(12-15-29)26(31)28-23-6-4-3-5-22(23)27-25(30)19-7-9-21(32-2)10-8-19/h3-10,13,16,20H,11-12,14-15,17H2,1-2H3,(H,27,30)(H,28,31). The molecular weight excluding hydrogens is 434 g/mol. The molecule has 0 radical (unpaired) electrons. The van der Waals surface area contributed by atoms with E-state index in [1.54, 1.807) is 48.8 Å². The van der Waals surface area contributed by atoms with Crippen LogP contribution in [0.2, 0.25) is 0 Å². The topological polar surface area (TPSA) is 70.7 Å². The second-order valence-corrected chi connectivity index (χ2v) is 9.30. The number of ether oxygens (including phenoxy) is 1. The maximum atomic E-state index is 13.0. The molecule has 1 fully saturated rings. The summed E-state index contributed by atoms with van der Waals surface area (Å²) in [5, 5.41) is 8.08. The summed E-state index contributed by atoms with van der Waals surface area (Å²) in [5.41, 5.74) is 3.05. The van der Waals surface area contributed by atoms with Gasteiger partial charge in [0.1, 0.15) is 5.75 Å². The number of rotatable bonds is 7. The molecular formula is C26H29N3O3S. The Balaban J connectivity index is 1.34. The number of carbonyl (C=O) groups is 2. The zero-order chi connectivity index (χ0) is 23.2. The van der Waals surface area contributed by atoms with Gasteiger partial charge in [-0.3, -0.25) is 14.5 Å². The van der Waals surface area contributed by atoms with Crippen LogP contribution >= 0.6 is 11.3 Å². The van der Waals surface area contributed by atoms with E-state index < -0.39 is 0 Å². The molecule has 2 heterocycles. The summed E-state index contributed by atoms with van der Waals surface area (Å²) in [4.78, 5) is 29.5. The van der Waals surface area contributed by atoms with Crippen LogP contribution in [0.1, 0.15) is 33.6 Å². The van der Waals surface area contributed by atoms with Crippen molar-refractivity contribution in [3.63, 3.8) is 0 Å². The summed E-state index contributed by atoms with van der Waals surface area (Å²) in [6, 6.07) is 16.4. The van der Waals surface area contributed by atoms with Crippen molar-refractivity contribution in [3.8, 4) is 5.75 Å². The molecule has 1 aromatic heterocycles. The minimum absolute atomic E-state index is 0.00750. The summed E-state index contributed by atoms with van der Waals surface area (Å²) >= 11 is 1.80. The number of hydrogen-bond donors (Lipinski definition) is 2. The minimum atomic E-state index is -0.239. The molecule has 0 aliphatic carbocycles. The van der Waals surface area contributed by atoms with Gasteiger partial charge in [0.15, 0.2) is 0 Å². The number of anilines is 2. The van der Waals surface area contributed by atoms with E-state index in [0.29, 0.717) is 22.7 Å². The SMILES string of the molecule is COc1ccc(C(=O)Nc2ccccc2NC(=O)C2CCN(Cc3sccc3C)CC2)cc1. The summed E-state index contributed by atoms with van der Waals surface area (Å²) in [6.07, 6.45) is 1.66. The molecule has 6 nitrogen and oxygen atoms in total. The average molecular weight is 464 g/mol. The van der Waals surface area contributed by atoms with Crippen LogP contribution in [0, 0.1) is 12.8 Å². The van der Waals surface area contributed by atoms with Crippen molar-refractivity contribution in [2.24, 2.45) is 5.92 Å². The molecule has 4 rings (SSSR count). The Hall–Kier alpha value is -3.16. The monoisotopic (exact) mass is 463 g/mol. The maximum Gasteiger partial charge on any atom is 0.255 e. The van der Waals surface area contributed by atoms with Crippen LogP contribution in [-0.2, 0) is 11.3 Å². The highest BCUT2D eigenvalue weighted by molar-refractivity contribution is 7.10. The van der Waals surface area contributed by atoms with Gasteiger partial charge in [0.25, 0.3) is 5.91 Å². The van der Waals surface area contributed by atoms with Gasteiger partial charge in [-0.15, -0.1) is 11.3 Å². The molecule has 1 aliphatic rings. The molecule has 1 aliphatic heterocycles. The van der Waals surface area contributed by atoms with Crippen LogP contribution in [0.15, 0.2) is 60.0 Å². The molecule has 3 aromatic rings. The highest BCUT2D eigenvalue weighted by Crippen LogP contribution is 2.26. The zero-order valence-corrected chi connectivity index (χ0v) is 19.8. The van der Waals surface area contributed by atoms with Gasteiger partial charge in [-0.2, -0.15) is 0 Å². The number of thiophene rings is 1. The molecule has 33 heavy (non-hydrogen) atoms. The number of amides is 2. The first kappa shape index (κ1) is 23.0. The van der Waals surface area contributed by atoms with Crippen LogP contribution in [0.5, 0.6) is 5.75 Å². The van der Waals surface area contributed by atoms with E-state index >= 15 is 0 Å². The number of methoxy groups -OCH3 is 1. The summed E-state index contributed by atoms with van der Waals surface area (Å²) < 4.78 is 5.14. The Kier molecular flexibility index (Phi) is 7.42. The molecule has 172 valence electrons. The summed E-state index contributed by atoms with van der Waals surface area (Å²) in [7, 11) is 1.59. The van der Waals surface area contributed by atoms with Crippen molar-refractivity contribution in [1.82, 2.24) is 4.90 Å². The predicted molar refractivity (Wildman–Crippen MR) is 133 cm³/mol. The average Bonchev–Trinajstić information content (AvgIpc) is 3.25. The fraction of sp³-hybridized carbons (Fsp3) is 0.308. The Bertz CT molecular complexity index is 1100. The summed E-state index contributed by atoms with van der Waals surface area (Å²) in [6.45, 7) is 4.92. The lowest BCUT2D eigenvalue weighted by atomic mass is 9.95. The third-order valence-corrected chi connectivity index (χ3v) is 7.09. The van der Waals surface area contributed by atoms with Gasteiger partial charge < -0.3 is 15.4 Å². The molecule has 0 unspecified atom stereocenters. The summed E-state index contributed by atoms with van der Waals surface area (Å²) in [5.74, 6) is 0.427. The van der Waals surface area contributed by atoms with Crippen molar-refractivity contribution in [2.75, 3.05) is 30.8 Å². The molecule has 2 N–H and O–H groups in total. The number of benzene rings is 2. The molecule has 2 amide bonds. The number of likely N-dealkylation sites (tertiary alicyclic amines) is 1. The van der Waals surface area contributed by atoms with Crippen LogP contribution in [-0.4, -0.2) is 36.9 Å². The van der Waals surface area contributed by atoms with Crippen LogP contribution in [0.25, 0.3) is 0 Å². The molecule has 2 aromatic carbocycles. The van der Waals surface area contributed by atoms with E-state index in [1.165, 1.54) is 10.4 Å². The smallest absolute Gasteiger partial charge is 0.255 e. The molecule has 0 spiro atoms. The Labute approximate surface area is 198 Å². The van der Waals surface area contributed by atoms with Gasteiger partial charge in [-0.05, 0) is 86.3 Å². The number of para-hydroxylation sites is 2. The normalized spacial score (nSPS) is 14.6. The fourth-order valence-corrected chi connectivity index (χ4v) is 4.94. The van der Waals surface area contributed by atoms with E-state index in [-0.39, 0.29) is 17.7 Å². The highest BCUT2D eigenvalue weighted by atomic mass is 32.1. The van der Waals surface area contributed by atoms with E-state index in [9.17, 15) is 9.59 Å². The van der Waals surface area contributed by atoms with Crippen molar-refractivity contribution >= 4 is 34.5 Å². The molecule has 0 bridgehead atoms. The van der Waals surface area contributed by atoms with Crippen LogP contribution in [0.3, 0.4) is 0 Å². The Morgan fingerprint density at radius 1 is 1.00 bits per heavy atom. The first-order valence-corrected chi connectivity index (χ1v) is 12.0. The molecule has 7 heteroatoms. The van der Waals surface area contributed by atoms with Gasteiger partial charge in [0, 0.05) is 22.9 Å². The first-order valence-electron chi connectivity index (χ1n) is 11.1. The zero-order valence-electron chi connectivity index (χ0n) is 19.0. The van der Waals surface area contributed by atoms with Crippen molar-refractivity contribution in [1.29, 1.82) is 0 Å². The number of piperidine rings is 1. The van der Waals surface area contributed by atoms with Crippen molar-refractivity contribution in [2.45, 2.75) is 26.3 Å². The van der Waals surface area contributed by atoms with E-state index in [2.05, 4.69) is 33.9 Å². The van der Waals surface area contributed by atoms with Gasteiger partial charge in [0.2, 0.25) is 5.91 Å². The van der Waals surface area contributed by atoms with Gasteiger partial charge in [-0.1, -0.05) is 12.1 Å². The Morgan fingerprint density at radius 2 is 1.67 bits per heavy atom. The maximum absolute atomic E-state index is 13.0. The predicted octanol–water partition coefficient (Wildman–Crippen LogP) is 5.17. The minimum Gasteiger partial charge on any atom is -0.497 e.